The molecule has 0 aliphatic carbocycles. The summed E-state index contributed by atoms with van der Waals surface area (Å²) < 4.78 is 59.2. The lowest BCUT2D eigenvalue weighted by Crippen LogP contribution is -2.34. The van der Waals surface area contributed by atoms with Crippen LogP contribution in [-0.4, -0.2) is 25.0 Å². The number of hydrogen-bond acceptors (Lipinski definition) is 2. The first-order valence-electron chi connectivity index (χ1n) is 4.36. The Labute approximate surface area is 90.2 Å². The van der Waals surface area contributed by atoms with E-state index in [1.54, 1.807) is 23.3 Å². The summed E-state index contributed by atoms with van der Waals surface area (Å²) in [5.74, 6) is 0.392. The van der Waals surface area contributed by atoms with Gasteiger partial charge in [0, 0.05) is 5.75 Å². The highest BCUT2D eigenvalue weighted by atomic mass is 32.3. The van der Waals surface area contributed by atoms with Crippen molar-refractivity contribution in [2.45, 2.75) is 32.2 Å². The zero-order valence-electron chi connectivity index (χ0n) is 8.47. The van der Waals surface area contributed by atoms with Crippen molar-refractivity contribution < 1.29 is 21.6 Å². The van der Waals surface area contributed by atoms with Crippen LogP contribution < -0.4 is 4.13 Å². The molecule has 0 saturated carbocycles. The lowest BCUT2D eigenvalue weighted by molar-refractivity contribution is -0.0440. The molecule has 0 aliphatic heterocycles. The van der Waals surface area contributed by atoms with Gasteiger partial charge in [-0.2, -0.15) is 17.3 Å². The van der Waals surface area contributed by atoms with Gasteiger partial charge in [0.25, 0.3) is 0 Å². The van der Waals surface area contributed by atoms with Crippen LogP contribution in [-0.2, 0) is 10.0 Å². The average Bonchev–Trinajstić information content (AvgIpc) is 2.02. The Hall–Kier alpha value is -0.0800. The summed E-state index contributed by atoms with van der Waals surface area (Å²) in [6.07, 6.45) is 1.16. The van der Waals surface area contributed by atoms with Gasteiger partial charge in [-0.15, -0.1) is 10.7 Å². The molecule has 0 aromatic rings. The minimum atomic E-state index is -5.23. The first kappa shape index (κ1) is 14.9. The highest BCUT2D eigenvalue weighted by Crippen LogP contribution is 2.25. The molecule has 0 aliphatic rings. The van der Waals surface area contributed by atoms with E-state index in [-0.39, 0.29) is 0 Å². The maximum Gasteiger partial charge on any atom is 0.512 e. The Morgan fingerprint density at radius 2 is 1.87 bits per heavy atom. The Bertz CT molecular complexity index is 322. The fourth-order valence-electron chi connectivity index (χ4n) is 0.768. The lowest BCUT2D eigenvalue weighted by Gasteiger charge is -2.12. The van der Waals surface area contributed by atoms with Crippen molar-refractivity contribution in [3.05, 3.63) is 0 Å². The molecule has 15 heavy (non-hydrogen) atoms. The molecule has 0 aromatic carbocycles. The van der Waals surface area contributed by atoms with Gasteiger partial charge in [0.15, 0.2) is 0 Å². The quantitative estimate of drug-likeness (QED) is 0.775. The number of hydrogen-bond donors (Lipinski definition) is 1. The van der Waals surface area contributed by atoms with Crippen LogP contribution in [0.2, 0.25) is 0 Å². The van der Waals surface area contributed by atoms with E-state index in [0.29, 0.717) is 18.6 Å². The van der Waals surface area contributed by atoms with E-state index in [0.717, 1.165) is 0 Å². The summed E-state index contributed by atoms with van der Waals surface area (Å²) in [5.41, 5.74) is -5.23. The van der Waals surface area contributed by atoms with Crippen LogP contribution in [0.15, 0.2) is 0 Å². The molecule has 0 radical (unpaired) electrons. The average molecular weight is 265 g/mol. The summed E-state index contributed by atoms with van der Waals surface area (Å²) in [5, 5.41) is 1.55. The largest absolute Gasteiger partial charge is 0.512 e. The van der Waals surface area contributed by atoms with E-state index >= 15 is 0 Å². The van der Waals surface area contributed by atoms with Crippen LogP contribution in [0.5, 0.6) is 0 Å². The topological polar surface area (TPSA) is 46.2 Å². The van der Waals surface area contributed by atoms with E-state index in [9.17, 15) is 21.6 Å². The third kappa shape index (κ3) is 4.98. The van der Waals surface area contributed by atoms with E-state index in [1.165, 1.54) is 0 Å². The van der Waals surface area contributed by atoms with Gasteiger partial charge in [0.2, 0.25) is 0 Å². The Morgan fingerprint density at radius 3 is 2.20 bits per heavy atom. The van der Waals surface area contributed by atoms with E-state index < -0.39 is 26.2 Å². The van der Waals surface area contributed by atoms with E-state index in [2.05, 4.69) is 0 Å². The second-order valence-corrected chi connectivity index (χ2v) is 6.48. The summed E-state index contributed by atoms with van der Waals surface area (Å²) in [6.45, 7) is 3.53. The fraction of sp³-hybridized carbons (Fsp3) is 0.857. The number of sulfonamides is 1. The molecule has 92 valence electrons. The van der Waals surface area contributed by atoms with E-state index in [1.807, 2.05) is 0 Å². The summed E-state index contributed by atoms with van der Waals surface area (Å²) >= 11 is 0. The molecule has 0 bridgehead atoms. The zero-order valence-corrected chi connectivity index (χ0v) is 10.1. The van der Waals surface area contributed by atoms with Crippen LogP contribution in [0.3, 0.4) is 0 Å². The second kappa shape index (κ2) is 5.86. The summed E-state index contributed by atoms with van der Waals surface area (Å²) in [4.78, 5) is 0. The highest BCUT2D eigenvalue weighted by Gasteiger charge is 2.46. The SMILES string of the molecule is CC/C=S(\CCC)NS(=O)(=O)C(F)(F)F. The van der Waals surface area contributed by atoms with Crippen LogP contribution in [0, 0.1) is 0 Å². The number of alkyl halides is 3. The molecule has 0 rings (SSSR count). The van der Waals surface area contributed by atoms with Crippen LogP contribution in [0.25, 0.3) is 0 Å². The van der Waals surface area contributed by atoms with Crippen molar-refractivity contribution in [2.75, 3.05) is 5.75 Å². The molecule has 3 nitrogen and oxygen atoms in total. The standard InChI is InChI=1S/C7H14F3NO2S2/c1-3-5-14(6-4-2)11-15(12,13)7(8,9)10/h5,11H,3-4,6H2,1-2H3. The lowest BCUT2D eigenvalue weighted by atomic mass is 10.6. The monoisotopic (exact) mass is 265 g/mol. The molecule has 0 aromatic heterocycles. The first-order valence-corrected chi connectivity index (χ1v) is 7.30. The fourth-order valence-corrected chi connectivity index (χ4v) is 3.89. The third-order valence-corrected chi connectivity index (χ3v) is 5.24. The Balaban J connectivity index is 4.77. The molecule has 1 N–H and O–H groups in total. The molecule has 1 unspecified atom stereocenters. The molecule has 8 heteroatoms. The number of halogens is 3. The van der Waals surface area contributed by atoms with Crippen molar-refractivity contribution in [1.29, 1.82) is 0 Å². The van der Waals surface area contributed by atoms with Gasteiger partial charge in [0.1, 0.15) is 0 Å². The van der Waals surface area contributed by atoms with Crippen molar-refractivity contribution in [2.24, 2.45) is 0 Å². The Kier molecular flexibility index (Phi) is 5.82. The van der Waals surface area contributed by atoms with Crippen LogP contribution in [0.4, 0.5) is 13.2 Å². The van der Waals surface area contributed by atoms with Crippen molar-refractivity contribution in [1.82, 2.24) is 4.13 Å². The maximum atomic E-state index is 12.0. The smallest absolute Gasteiger partial charge is 0.202 e. The van der Waals surface area contributed by atoms with Crippen LogP contribution >= 0.6 is 10.7 Å². The van der Waals surface area contributed by atoms with Gasteiger partial charge in [-0.25, -0.2) is 8.42 Å². The van der Waals surface area contributed by atoms with Gasteiger partial charge >= 0.3 is 15.5 Å². The first-order chi connectivity index (χ1) is 6.74. The highest BCUT2D eigenvalue weighted by molar-refractivity contribution is 8.20. The minimum Gasteiger partial charge on any atom is -0.202 e. The molecular weight excluding hydrogens is 251 g/mol. The molecule has 0 saturated heterocycles. The van der Waals surface area contributed by atoms with Crippen molar-refractivity contribution >= 4 is 26.1 Å². The zero-order chi connectivity index (χ0) is 12.1. The predicted molar refractivity (Wildman–Crippen MR) is 57.2 cm³/mol. The second-order valence-electron chi connectivity index (χ2n) is 2.74. The number of rotatable bonds is 5. The maximum absolute atomic E-state index is 12.0. The van der Waals surface area contributed by atoms with Gasteiger partial charge in [-0.1, -0.05) is 13.8 Å². The molecule has 0 fully saturated rings. The van der Waals surface area contributed by atoms with E-state index in [4.69, 9.17) is 0 Å². The summed E-state index contributed by atoms with van der Waals surface area (Å²) in [6, 6.07) is 0. The van der Waals surface area contributed by atoms with Gasteiger partial charge in [-0.3, -0.25) is 0 Å². The summed E-state index contributed by atoms with van der Waals surface area (Å²) in [7, 11) is -6.23. The third-order valence-electron chi connectivity index (χ3n) is 1.31. The normalized spacial score (nSPS) is 15.5. The molecule has 0 spiro atoms. The predicted octanol–water partition coefficient (Wildman–Crippen LogP) is 2.23. The van der Waals surface area contributed by atoms with Gasteiger partial charge in [0.05, 0.1) is 0 Å². The van der Waals surface area contributed by atoms with Crippen LogP contribution in [0.1, 0.15) is 26.7 Å². The van der Waals surface area contributed by atoms with Gasteiger partial charge < -0.3 is 0 Å². The van der Waals surface area contributed by atoms with Crippen molar-refractivity contribution in [3.63, 3.8) is 0 Å². The molecule has 0 heterocycles. The Morgan fingerprint density at radius 1 is 1.33 bits per heavy atom. The number of nitrogens with one attached hydrogen (secondary N) is 1. The van der Waals surface area contributed by atoms with Gasteiger partial charge in [-0.05, 0) is 18.2 Å². The molecular formula is C7H14F3NO2S2. The minimum absolute atomic E-state index is 0.392. The van der Waals surface area contributed by atoms with Crippen molar-refractivity contribution in [3.8, 4) is 0 Å². The molecule has 1 atom stereocenters. The molecule has 0 amide bonds.